The summed E-state index contributed by atoms with van der Waals surface area (Å²) in [6, 6.07) is 0. The lowest BCUT2D eigenvalue weighted by atomic mass is 10.1. The van der Waals surface area contributed by atoms with Gasteiger partial charge in [-0.1, -0.05) is 6.92 Å². The van der Waals surface area contributed by atoms with Gasteiger partial charge in [0.1, 0.15) is 17.8 Å². The van der Waals surface area contributed by atoms with Gasteiger partial charge in [0, 0.05) is 12.8 Å². The van der Waals surface area contributed by atoms with Crippen molar-refractivity contribution in [1.82, 2.24) is 5.32 Å². The highest BCUT2D eigenvalue weighted by Gasteiger charge is 2.06. The number of Topliss-reactive ketones (excluding diaryl/α,β-unsaturated/α-hetero) is 2. The summed E-state index contributed by atoms with van der Waals surface area (Å²) >= 11 is 0. The van der Waals surface area contributed by atoms with Crippen LogP contribution in [0.3, 0.4) is 0 Å². The minimum atomic E-state index is -0.751. The first-order valence-electron chi connectivity index (χ1n) is 4.48. The lowest BCUT2D eigenvalue weighted by molar-refractivity contribution is -0.119. The Kier molecular flexibility index (Phi) is 6.36. The maximum Gasteiger partial charge on any atom is 0.143 e. The van der Waals surface area contributed by atoms with Crippen molar-refractivity contribution < 1.29 is 14.7 Å². The smallest absolute Gasteiger partial charge is 0.143 e. The highest BCUT2D eigenvalue weighted by Crippen LogP contribution is 1.97. The number of aliphatic hydroxyl groups is 1. The lowest BCUT2D eigenvalue weighted by Crippen LogP contribution is -2.32. The van der Waals surface area contributed by atoms with E-state index >= 15 is 0 Å². The molecule has 0 bridgehead atoms. The van der Waals surface area contributed by atoms with Crippen molar-refractivity contribution in [3.63, 3.8) is 0 Å². The maximum absolute atomic E-state index is 10.8. The zero-order valence-corrected chi connectivity index (χ0v) is 8.17. The van der Waals surface area contributed by atoms with E-state index in [2.05, 4.69) is 5.32 Å². The molecule has 1 atom stereocenters. The standard InChI is InChI=1S/C9H17NO3/c1-3-8(12)4-5-9(13)10-6-7(2)11/h9-10,13H,3-6H2,1-2H3. The number of carbonyl (C=O) groups excluding carboxylic acids is 2. The Labute approximate surface area is 78.3 Å². The highest BCUT2D eigenvalue weighted by atomic mass is 16.3. The quantitative estimate of drug-likeness (QED) is 0.560. The van der Waals surface area contributed by atoms with Crippen molar-refractivity contribution in [3.8, 4) is 0 Å². The largest absolute Gasteiger partial charge is 0.379 e. The van der Waals surface area contributed by atoms with Gasteiger partial charge in [-0.15, -0.1) is 0 Å². The molecule has 0 spiro atoms. The summed E-state index contributed by atoms with van der Waals surface area (Å²) < 4.78 is 0. The topological polar surface area (TPSA) is 66.4 Å². The van der Waals surface area contributed by atoms with Gasteiger partial charge in [0.15, 0.2) is 0 Å². The molecule has 0 saturated carbocycles. The molecule has 0 aliphatic rings. The minimum Gasteiger partial charge on any atom is -0.379 e. The monoisotopic (exact) mass is 187 g/mol. The highest BCUT2D eigenvalue weighted by molar-refractivity contribution is 5.78. The van der Waals surface area contributed by atoms with Crippen molar-refractivity contribution in [3.05, 3.63) is 0 Å². The van der Waals surface area contributed by atoms with Gasteiger partial charge in [0.05, 0.1) is 6.54 Å². The Morgan fingerprint density at radius 1 is 1.46 bits per heavy atom. The number of rotatable bonds is 7. The first-order valence-corrected chi connectivity index (χ1v) is 4.48. The predicted molar refractivity (Wildman–Crippen MR) is 49.2 cm³/mol. The van der Waals surface area contributed by atoms with Gasteiger partial charge >= 0.3 is 0 Å². The zero-order chi connectivity index (χ0) is 10.3. The third-order valence-electron chi connectivity index (χ3n) is 1.68. The number of hydrogen-bond donors (Lipinski definition) is 2. The van der Waals surface area contributed by atoms with Crippen LogP contribution < -0.4 is 5.32 Å². The minimum absolute atomic E-state index is 0.0270. The second-order valence-corrected chi connectivity index (χ2v) is 3.03. The van der Waals surface area contributed by atoms with Gasteiger partial charge in [-0.3, -0.25) is 14.9 Å². The van der Waals surface area contributed by atoms with E-state index in [4.69, 9.17) is 0 Å². The molecule has 0 aromatic carbocycles. The van der Waals surface area contributed by atoms with E-state index in [-0.39, 0.29) is 18.1 Å². The van der Waals surface area contributed by atoms with Crippen molar-refractivity contribution in [2.75, 3.05) is 6.54 Å². The van der Waals surface area contributed by atoms with E-state index in [1.54, 1.807) is 6.92 Å². The second-order valence-electron chi connectivity index (χ2n) is 3.03. The summed E-state index contributed by atoms with van der Waals surface area (Å²) in [7, 11) is 0. The number of hydrogen-bond acceptors (Lipinski definition) is 4. The van der Waals surface area contributed by atoms with Crippen molar-refractivity contribution in [1.29, 1.82) is 0 Å². The number of aliphatic hydroxyl groups excluding tert-OH is 1. The number of carbonyl (C=O) groups is 2. The molecule has 0 aromatic heterocycles. The van der Waals surface area contributed by atoms with Gasteiger partial charge in [0.25, 0.3) is 0 Å². The van der Waals surface area contributed by atoms with Crippen LogP contribution in [-0.4, -0.2) is 29.4 Å². The molecule has 2 N–H and O–H groups in total. The molecule has 0 fully saturated rings. The summed E-state index contributed by atoms with van der Waals surface area (Å²) in [4.78, 5) is 21.4. The molecule has 4 heteroatoms. The van der Waals surface area contributed by atoms with E-state index in [0.29, 0.717) is 19.3 Å². The molecule has 0 radical (unpaired) electrons. The van der Waals surface area contributed by atoms with Crippen LogP contribution in [0.4, 0.5) is 0 Å². The van der Waals surface area contributed by atoms with Crippen LogP contribution in [0.5, 0.6) is 0 Å². The first-order chi connectivity index (χ1) is 6.06. The van der Waals surface area contributed by atoms with Crippen LogP contribution >= 0.6 is 0 Å². The molecule has 1 unspecified atom stereocenters. The summed E-state index contributed by atoms with van der Waals surface area (Å²) in [6.45, 7) is 3.39. The third kappa shape index (κ3) is 7.62. The molecule has 0 rings (SSSR count). The lowest BCUT2D eigenvalue weighted by Gasteiger charge is -2.10. The van der Waals surface area contributed by atoms with Crippen LogP contribution in [0.25, 0.3) is 0 Å². The average molecular weight is 187 g/mol. The van der Waals surface area contributed by atoms with Gasteiger partial charge in [-0.25, -0.2) is 0 Å². The van der Waals surface area contributed by atoms with E-state index < -0.39 is 6.23 Å². The second kappa shape index (κ2) is 6.74. The SMILES string of the molecule is CCC(=O)CCC(O)NCC(C)=O. The van der Waals surface area contributed by atoms with Crippen molar-refractivity contribution in [2.45, 2.75) is 39.3 Å². The third-order valence-corrected chi connectivity index (χ3v) is 1.68. The molecule has 0 saturated heterocycles. The fourth-order valence-electron chi connectivity index (χ4n) is 0.838. The summed E-state index contributed by atoms with van der Waals surface area (Å²) in [5.74, 6) is 0.101. The zero-order valence-electron chi connectivity index (χ0n) is 8.17. The van der Waals surface area contributed by atoms with Gasteiger partial charge < -0.3 is 5.11 Å². The normalized spacial score (nSPS) is 12.5. The van der Waals surface area contributed by atoms with Crippen LogP contribution in [0, 0.1) is 0 Å². The molecule has 0 aliphatic carbocycles. The molecule has 4 nitrogen and oxygen atoms in total. The Bertz CT molecular complexity index is 180. The molecular formula is C9H17NO3. The van der Waals surface area contributed by atoms with E-state index in [1.165, 1.54) is 6.92 Å². The molecule has 76 valence electrons. The Hall–Kier alpha value is -0.740. The van der Waals surface area contributed by atoms with Crippen molar-refractivity contribution >= 4 is 11.6 Å². The predicted octanol–water partition coefficient (Wildman–Crippen LogP) is 0.243. The number of ketones is 2. The number of nitrogens with one attached hydrogen (secondary N) is 1. The first kappa shape index (κ1) is 12.3. The van der Waals surface area contributed by atoms with Crippen molar-refractivity contribution in [2.24, 2.45) is 0 Å². The Morgan fingerprint density at radius 3 is 2.54 bits per heavy atom. The molecule has 0 aromatic rings. The molecule has 13 heavy (non-hydrogen) atoms. The molecule has 0 heterocycles. The molecule has 0 amide bonds. The van der Waals surface area contributed by atoms with Crippen LogP contribution in [0.1, 0.15) is 33.1 Å². The van der Waals surface area contributed by atoms with E-state index in [0.717, 1.165) is 0 Å². The summed E-state index contributed by atoms with van der Waals surface area (Å²) in [5, 5.41) is 11.8. The van der Waals surface area contributed by atoms with E-state index in [9.17, 15) is 14.7 Å². The molecule has 0 aliphatic heterocycles. The van der Waals surface area contributed by atoms with Gasteiger partial charge in [0.2, 0.25) is 0 Å². The van der Waals surface area contributed by atoms with Crippen LogP contribution in [-0.2, 0) is 9.59 Å². The fraction of sp³-hybridized carbons (Fsp3) is 0.778. The van der Waals surface area contributed by atoms with Gasteiger partial charge in [-0.05, 0) is 13.3 Å². The van der Waals surface area contributed by atoms with Gasteiger partial charge in [-0.2, -0.15) is 0 Å². The summed E-state index contributed by atoms with van der Waals surface area (Å²) in [6.07, 6.45) is 0.487. The Balaban J connectivity index is 3.45. The molecular weight excluding hydrogens is 170 g/mol. The van der Waals surface area contributed by atoms with E-state index in [1.807, 2.05) is 0 Å². The van der Waals surface area contributed by atoms with Crippen LogP contribution in [0.15, 0.2) is 0 Å². The average Bonchev–Trinajstić information content (AvgIpc) is 2.10. The fourth-order valence-corrected chi connectivity index (χ4v) is 0.838. The maximum atomic E-state index is 10.8. The summed E-state index contributed by atoms with van der Waals surface area (Å²) in [5.41, 5.74) is 0. The Morgan fingerprint density at radius 2 is 2.08 bits per heavy atom. The van der Waals surface area contributed by atoms with Crippen LogP contribution in [0.2, 0.25) is 0 Å².